The number of morpholine rings is 1. The summed E-state index contributed by atoms with van der Waals surface area (Å²) in [6.07, 6.45) is 1.22. The van der Waals surface area contributed by atoms with Gasteiger partial charge in [0.15, 0.2) is 6.10 Å². The lowest BCUT2D eigenvalue weighted by Crippen LogP contribution is -2.55. The quantitative estimate of drug-likeness (QED) is 0.645. The van der Waals surface area contributed by atoms with Crippen LogP contribution in [0.4, 0.5) is 0 Å². The average Bonchev–Trinajstić information content (AvgIpc) is 3.52. The van der Waals surface area contributed by atoms with Crippen LogP contribution in [0.2, 0.25) is 0 Å². The Kier molecular flexibility index (Phi) is 6.34. The van der Waals surface area contributed by atoms with Crippen molar-refractivity contribution >= 4 is 11.8 Å². The molecular formula is C20H28N2O5. The fraction of sp³-hybridized carbons (Fsp3) is 0.600. The van der Waals surface area contributed by atoms with Crippen molar-refractivity contribution in [2.24, 2.45) is 0 Å². The van der Waals surface area contributed by atoms with Gasteiger partial charge in [0.2, 0.25) is 5.91 Å². The number of benzene rings is 1. The molecule has 1 aromatic carbocycles. The molecule has 0 N–H and O–H groups in total. The molecule has 27 heavy (non-hydrogen) atoms. The summed E-state index contributed by atoms with van der Waals surface area (Å²) in [5, 5.41) is 0. The van der Waals surface area contributed by atoms with E-state index in [1.807, 2.05) is 36.1 Å². The normalized spacial score (nSPS) is 22.6. The van der Waals surface area contributed by atoms with Gasteiger partial charge in [-0.05, 0) is 37.5 Å². The second-order valence-corrected chi connectivity index (χ2v) is 6.94. The lowest BCUT2D eigenvalue weighted by molar-refractivity contribution is -0.170. The van der Waals surface area contributed by atoms with E-state index in [0.29, 0.717) is 19.8 Å². The molecular weight excluding hydrogens is 348 g/mol. The number of methoxy groups -OCH3 is 1. The number of amides is 2. The van der Waals surface area contributed by atoms with Gasteiger partial charge in [0, 0.05) is 26.2 Å². The van der Waals surface area contributed by atoms with Crippen LogP contribution in [0.5, 0.6) is 5.75 Å². The third-order valence-corrected chi connectivity index (χ3v) is 5.05. The second-order valence-electron chi connectivity index (χ2n) is 6.94. The minimum atomic E-state index is -0.719. The number of nitrogens with zero attached hydrogens (tertiary/aromatic N) is 2. The Morgan fingerprint density at radius 2 is 2.00 bits per heavy atom. The van der Waals surface area contributed by atoms with Crippen molar-refractivity contribution in [2.75, 3.05) is 40.5 Å². The predicted octanol–water partition coefficient (Wildman–Crippen LogP) is 1.62. The van der Waals surface area contributed by atoms with Crippen LogP contribution < -0.4 is 4.74 Å². The molecule has 1 aliphatic heterocycles. The zero-order chi connectivity index (χ0) is 19.4. The van der Waals surface area contributed by atoms with Crippen molar-refractivity contribution in [1.82, 2.24) is 9.80 Å². The molecule has 2 fully saturated rings. The van der Waals surface area contributed by atoms with Crippen molar-refractivity contribution in [3.8, 4) is 5.75 Å². The molecule has 7 nitrogen and oxygen atoms in total. The highest BCUT2D eigenvalue weighted by Gasteiger charge is 2.48. The average molecular weight is 376 g/mol. The first-order valence-electron chi connectivity index (χ1n) is 9.46. The van der Waals surface area contributed by atoms with E-state index in [9.17, 15) is 9.59 Å². The Balaban J connectivity index is 1.85. The molecule has 0 bridgehead atoms. The van der Waals surface area contributed by atoms with Gasteiger partial charge in [0.1, 0.15) is 12.4 Å². The van der Waals surface area contributed by atoms with Crippen molar-refractivity contribution in [1.29, 1.82) is 0 Å². The molecule has 3 rings (SSSR count). The van der Waals surface area contributed by atoms with Crippen molar-refractivity contribution in [2.45, 2.75) is 38.0 Å². The van der Waals surface area contributed by atoms with E-state index in [-0.39, 0.29) is 24.5 Å². The lowest BCUT2D eigenvalue weighted by atomic mass is 9.96. The maximum Gasteiger partial charge on any atom is 0.254 e. The first-order chi connectivity index (χ1) is 13.1. The number of rotatable bonds is 8. The first-order valence-corrected chi connectivity index (χ1v) is 9.46. The number of hydrogen-bond acceptors (Lipinski definition) is 5. The Morgan fingerprint density at radius 1 is 1.30 bits per heavy atom. The van der Waals surface area contributed by atoms with Crippen LogP contribution in [0.3, 0.4) is 0 Å². The van der Waals surface area contributed by atoms with Gasteiger partial charge in [-0.25, -0.2) is 0 Å². The molecule has 0 unspecified atom stereocenters. The Bertz CT molecular complexity index is 659. The third-order valence-electron chi connectivity index (χ3n) is 5.05. The summed E-state index contributed by atoms with van der Waals surface area (Å²) >= 11 is 0. The number of hydrogen-bond donors (Lipinski definition) is 0. The van der Waals surface area contributed by atoms with Crippen LogP contribution in [-0.4, -0.2) is 74.3 Å². The van der Waals surface area contributed by atoms with Gasteiger partial charge in [0.25, 0.3) is 5.91 Å². The Morgan fingerprint density at radius 3 is 2.59 bits per heavy atom. The molecule has 1 saturated carbocycles. The number of carbonyl (C=O) groups excluding carboxylic acids is 2. The van der Waals surface area contributed by atoms with Crippen molar-refractivity contribution in [3.05, 3.63) is 29.8 Å². The largest absolute Gasteiger partial charge is 0.497 e. The van der Waals surface area contributed by atoms with Gasteiger partial charge in [-0.3, -0.25) is 9.59 Å². The molecule has 7 heteroatoms. The number of ether oxygens (including phenoxy) is 3. The third kappa shape index (κ3) is 4.42. The fourth-order valence-corrected chi connectivity index (χ4v) is 3.43. The molecule has 2 atom stereocenters. The summed E-state index contributed by atoms with van der Waals surface area (Å²) in [7, 11) is 3.35. The predicted molar refractivity (Wildman–Crippen MR) is 99.5 cm³/mol. The first kappa shape index (κ1) is 19.6. The van der Waals surface area contributed by atoms with Crippen LogP contribution in [0.1, 0.15) is 31.4 Å². The standard InChI is InChI=1S/C20H28N2O5/c1-4-26-12-11-21(2)20(24)19-18(14-5-9-16(25-3)10-6-14)22(15-7-8-15)17(23)13-27-19/h5-6,9-10,15,18-19H,4,7-8,11-13H2,1-3H3/t18-,19+/m1/s1. The van der Waals surface area contributed by atoms with E-state index in [0.717, 1.165) is 24.2 Å². The van der Waals surface area contributed by atoms with Gasteiger partial charge in [-0.2, -0.15) is 0 Å². The molecule has 148 valence electrons. The molecule has 1 aromatic rings. The van der Waals surface area contributed by atoms with Gasteiger partial charge >= 0.3 is 0 Å². The van der Waals surface area contributed by atoms with Crippen molar-refractivity contribution in [3.63, 3.8) is 0 Å². The molecule has 2 amide bonds. The topological polar surface area (TPSA) is 68.3 Å². The monoisotopic (exact) mass is 376 g/mol. The minimum Gasteiger partial charge on any atom is -0.497 e. The SMILES string of the molecule is CCOCCN(C)C(=O)[C@H]1OCC(=O)N(C2CC2)[C@@H]1c1ccc(OC)cc1. The van der Waals surface area contributed by atoms with Crippen molar-refractivity contribution < 1.29 is 23.8 Å². The highest BCUT2D eigenvalue weighted by atomic mass is 16.5. The van der Waals surface area contributed by atoms with Crippen LogP contribution in [0.25, 0.3) is 0 Å². The summed E-state index contributed by atoms with van der Waals surface area (Å²) in [5.41, 5.74) is 0.882. The Hall–Kier alpha value is -2.12. The van der Waals surface area contributed by atoms with E-state index in [1.165, 1.54) is 0 Å². The van der Waals surface area contributed by atoms with Crippen LogP contribution in [0.15, 0.2) is 24.3 Å². The van der Waals surface area contributed by atoms with E-state index in [2.05, 4.69) is 0 Å². The van der Waals surface area contributed by atoms with Gasteiger partial charge in [-0.1, -0.05) is 12.1 Å². The highest BCUT2D eigenvalue weighted by Crippen LogP contribution is 2.40. The fourth-order valence-electron chi connectivity index (χ4n) is 3.43. The van der Waals surface area contributed by atoms with Crippen LogP contribution in [0, 0.1) is 0 Å². The summed E-state index contributed by atoms with van der Waals surface area (Å²) in [6, 6.07) is 7.27. The zero-order valence-corrected chi connectivity index (χ0v) is 16.2. The van der Waals surface area contributed by atoms with Crippen LogP contribution in [-0.2, 0) is 19.1 Å². The summed E-state index contributed by atoms with van der Waals surface area (Å²) in [5.74, 6) is 0.546. The van der Waals surface area contributed by atoms with E-state index in [1.54, 1.807) is 19.1 Å². The summed E-state index contributed by atoms with van der Waals surface area (Å²) in [6.45, 7) is 3.44. The maximum absolute atomic E-state index is 13.1. The minimum absolute atomic E-state index is 0.0562. The molecule has 1 saturated heterocycles. The molecule has 1 heterocycles. The molecule has 0 aromatic heterocycles. The van der Waals surface area contributed by atoms with E-state index in [4.69, 9.17) is 14.2 Å². The molecule has 1 aliphatic carbocycles. The van der Waals surface area contributed by atoms with E-state index >= 15 is 0 Å². The summed E-state index contributed by atoms with van der Waals surface area (Å²) < 4.78 is 16.3. The van der Waals surface area contributed by atoms with E-state index < -0.39 is 12.1 Å². The van der Waals surface area contributed by atoms with Gasteiger partial charge < -0.3 is 24.0 Å². The van der Waals surface area contributed by atoms with Crippen LogP contribution >= 0.6 is 0 Å². The second kappa shape index (κ2) is 8.71. The van der Waals surface area contributed by atoms with Gasteiger partial charge in [-0.15, -0.1) is 0 Å². The highest BCUT2D eigenvalue weighted by molar-refractivity contribution is 5.86. The number of likely N-dealkylation sites (N-methyl/N-ethyl adjacent to an activating group) is 1. The van der Waals surface area contributed by atoms with Gasteiger partial charge in [0.05, 0.1) is 19.8 Å². The number of carbonyl (C=O) groups is 2. The summed E-state index contributed by atoms with van der Waals surface area (Å²) in [4.78, 5) is 29.1. The maximum atomic E-state index is 13.1. The lowest BCUT2D eigenvalue weighted by Gasteiger charge is -2.42. The zero-order valence-electron chi connectivity index (χ0n) is 16.2. The Labute approximate surface area is 160 Å². The molecule has 0 spiro atoms. The molecule has 2 aliphatic rings. The molecule has 0 radical (unpaired) electrons. The smallest absolute Gasteiger partial charge is 0.254 e.